The maximum absolute atomic E-state index is 12.7. The van der Waals surface area contributed by atoms with Crippen molar-refractivity contribution in [1.29, 1.82) is 0 Å². The second-order valence-corrected chi connectivity index (χ2v) is 15.6. The third-order valence-corrected chi connectivity index (χ3v) is 11.4. The number of aliphatic hydroxyl groups excluding tert-OH is 1. The fraction of sp³-hybridized carbons (Fsp3) is 0.432. The van der Waals surface area contributed by atoms with Crippen LogP contribution < -0.4 is 21.3 Å². The molecule has 0 bridgehead atoms. The van der Waals surface area contributed by atoms with Crippen molar-refractivity contribution in [3.63, 3.8) is 0 Å². The van der Waals surface area contributed by atoms with Crippen LogP contribution in [0.25, 0.3) is 44.1 Å². The molecule has 0 spiro atoms. The van der Waals surface area contributed by atoms with E-state index in [1.165, 1.54) is 0 Å². The molecule has 2 fully saturated rings. The van der Waals surface area contributed by atoms with E-state index < -0.39 is 18.6 Å². The van der Waals surface area contributed by atoms with Crippen LogP contribution in [0.2, 0.25) is 0 Å². The Labute approximate surface area is 350 Å². The number of carbonyl (C=O) groups excluding carboxylic acids is 2. The fourth-order valence-corrected chi connectivity index (χ4v) is 8.27. The average molecular weight is 842 g/mol. The van der Waals surface area contributed by atoms with Crippen LogP contribution in [0.4, 0.5) is 24.8 Å². The zero-order valence-electron chi connectivity index (χ0n) is 33.7. The van der Waals surface area contributed by atoms with Crippen LogP contribution >= 0.6 is 0 Å². The van der Waals surface area contributed by atoms with Gasteiger partial charge in [0.2, 0.25) is 17.8 Å². The van der Waals surface area contributed by atoms with Crippen LogP contribution in [0.15, 0.2) is 73.2 Å². The highest BCUT2D eigenvalue weighted by Gasteiger charge is 2.31. The number of rotatable bonds is 18. The van der Waals surface area contributed by atoms with E-state index in [4.69, 9.17) is 9.47 Å². The molecule has 322 valence electrons. The topological polar surface area (TPSA) is 169 Å². The number of alkyl halides is 3. The summed E-state index contributed by atoms with van der Waals surface area (Å²) in [4.78, 5) is 38.1. The Balaban J connectivity index is 0.763. The van der Waals surface area contributed by atoms with Crippen molar-refractivity contribution in [2.45, 2.75) is 75.9 Å². The van der Waals surface area contributed by atoms with Gasteiger partial charge in [-0.25, -0.2) is 9.97 Å². The van der Waals surface area contributed by atoms with Crippen LogP contribution in [-0.2, 0) is 25.6 Å². The van der Waals surface area contributed by atoms with Crippen molar-refractivity contribution in [3.05, 3.63) is 78.8 Å². The van der Waals surface area contributed by atoms with E-state index in [9.17, 15) is 27.9 Å². The molecule has 5 N–H and O–H groups in total. The molecule has 2 aromatic carbocycles. The van der Waals surface area contributed by atoms with Gasteiger partial charge < -0.3 is 39.7 Å². The predicted octanol–water partition coefficient (Wildman–Crippen LogP) is 6.65. The number of ether oxygens (including phenoxy) is 2. The van der Waals surface area contributed by atoms with Gasteiger partial charge in [-0.05, 0) is 73.6 Å². The Kier molecular flexibility index (Phi) is 13.1. The fourth-order valence-electron chi connectivity index (χ4n) is 8.27. The SMILES string of the molecule is O=C1CC[C@H](n2c3ccc(NCCOCCOCCNCc4ccc(-c5cn([C@H]6CC[C@H](O)CC6)c6nc(NCCC(F)(F)F)ncc56)cc4)cc3c3cccnc32)C(=O)N1. The molecule has 2 aliphatic rings. The molecule has 4 aromatic heterocycles. The molecule has 61 heavy (non-hydrogen) atoms. The molecule has 17 heteroatoms. The van der Waals surface area contributed by atoms with Gasteiger partial charge in [0.25, 0.3) is 0 Å². The largest absolute Gasteiger partial charge is 0.393 e. The number of aliphatic hydroxyl groups is 1. The molecule has 1 aliphatic carbocycles. The lowest BCUT2D eigenvalue weighted by Crippen LogP contribution is -2.41. The Morgan fingerprint density at radius 1 is 0.836 bits per heavy atom. The third-order valence-electron chi connectivity index (χ3n) is 11.4. The molecule has 1 saturated carbocycles. The van der Waals surface area contributed by atoms with Crippen molar-refractivity contribution < 1.29 is 37.3 Å². The van der Waals surface area contributed by atoms with Crippen LogP contribution in [-0.4, -0.2) is 99.3 Å². The van der Waals surface area contributed by atoms with Crippen LogP contribution in [0, 0.1) is 0 Å². The number of nitrogens with zero attached hydrogens (tertiary/aromatic N) is 5. The maximum atomic E-state index is 12.7. The van der Waals surface area contributed by atoms with Crippen molar-refractivity contribution in [3.8, 4) is 11.1 Å². The van der Waals surface area contributed by atoms with Gasteiger partial charge in [0, 0.05) is 84.6 Å². The van der Waals surface area contributed by atoms with Gasteiger partial charge in [0.15, 0.2) is 0 Å². The van der Waals surface area contributed by atoms with E-state index in [0.29, 0.717) is 76.6 Å². The third kappa shape index (κ3) is 10.1. The number of carbonyl (C=O) groups is 2. The summed E-state index contributed by atoms with van der Waals surface area (Å²) in [7, 11) is 0. The Morgan fingerprint density at radius 2 is 1.62 bits per heavy atom. The zero-order chi connectivity index (χ0) is 42.3. The number of halogens is 3. The van der Waals surface area contributed by atoms with E-state index in [1.807, 2.05) is 28.8 Å². The number of imide groups is 1. The molecule has 1 atom stereocenters. The first kappa shape index (κ1) is 42.1. The number of nitrogens with one attached hydrogen (secondary N) is 4. The van der Waals surface area contributed by atoms with Gasteiger partial charge in [-0.2, -0.15) is 18.2 Å². The number of fused-ring (bicyclic) bond motifs is 4. The minimum Gasteiger partial charge on any atom is -0.393 e. The lowest BCUT2D eigenvalue weighted by atomic mass is 9.93. The van der Waals surface area contributed by atoms with Crippen LogP contribution in [0.5, 0.6) is 0 Å². The van der Waals surface area contributed by atoms with Crippen molar-refractivity contribution in [2.24, 2.45) is 0 Å². The summed E-state index contributed by atoms with van der Waals surface area (Å²) in [6.07, 6.45) is 3.54. The number of pyridine rings is 1. The minimum absolute atomic E-state index is 0.120. The van der Waals surface area contributed by atoms with Gasteiger partial charge in [-0.3, -0.25) is 14.9 Å². The molecule has 6 aromatic rings. The summed E-state index contributed by atoms with van der Waals surface area (Å²) in [5.41, 5.74) is 6.22. The van der Waals surface area contributed by atoms with Gasteiger partial charge in [-0.15, -0.1) is 0 Å². The molecule has 0 unspecified atom stereocenters. The summed E-state index contributed by atoms with van der Waals surface area (Å²) >= 11 is 0. The number of piperidine rings is 1. The average Bonchev–Trinajstić information content (AvgIpc) is 3.78. The first-order chi connectivity index (χ1) is 29.6. The van der Waals surface area contributed by atoms with Crippen LogP contribution in [0.3, 0.4) is 0 Å². The lowest BCUT2D eigenvalue weighted by Gasteiger charge is -2.27. The minimum atomic E-state index is -4.27. The second-order valence-electron chi connectivity index (χ2n) is 15.6. The molecule has 1 aliphatic heterocycles. The van der Waals surface area contributed by atoms with E-state index in [-0.39, 0.29) is 42.9 Å². The van der Waals surface area contributed by atoms with Gasteiger partial charge in [0.05, 0.1) is 44.5 Å². The number of benzene rings is 2. The predicted molar refractivity (Wildman–Crippen MR) is 226 cm³/mol. The van der Waals surface area contributed by atoms with E-state index in [1.54, 1.807) is 12.4 Å². The second kappa shape index (κ2) is 19.0. The number of hydrogen-bond donors (Lipinski definition) is 5. The zero-order valence-corrected chi connectivity index (χ0v) is 33.7. The summed E-state index contributed by atoms with van der Waals surface area (Å²) in [6, 6.07) is 17.7. The Morgan fingerprint density at radius 3 is 2.39 bits per heavy atom. The number of anilines is 2. The summed E-state index contributed by atoms with van der Waals surface area (Å²) in [5, 5.41) is 24.8. The lowest BCUT2D eigenvalue weighted by molar-refractivity contribution is -0.135. The molecule has 14 nitrogen and oxygen atoms in total. The van der Waals surface area contributed by atoms with Crippen LogP contribution in [0.1, 0.15) is 62.6 Å². The molecule has 5 heterocycles. The van der Waals surface area contributed by atoms with E-state index in [2.05, 4.69) is 77.3 Å². The van der Waals surface area contributed by atoms with E-state index in [0.717, 1.165) is 56.9 Å². The van der Waals surface area contributed by atoms with Crippen molar-refractivity contribution in [1.82, 2.24) is 34.7 Å². The quantitative estimate of drug-likeness (QED) is 0.0464. The maximum Gasteiger partial charge on any atom is 0.390 e. The Hall–Kier alpha value is -5.62. The molecular weight excluding hydrogens is 792 g/mol. The molecule has 2 amide bonds. The van der Waals surface area contributed by atoms with Crippen molar-refractivity contribution >= 4 is 56.4 Å². The van der Waals surface area contributed by atoms with Gasteiger partial charge in [-0.1, -0.05) is 24.3 Å². The van der Waals surface area contributed by atoms with Gasteiger partial charge in [0.1, 0.15) is 17.3 Å². The summed E-state index contributed by atoms with van der Waals surface area (Å²) in [6.45, 7) is 3.59. The highest BCUT2D eigenvalue weighted by Crippen LogP contribution is 2.38. The molecule has 1 saturated heterocycles. The summed E-state index contributed by atoms with van der Waals surface area (Å²) < 4.78 is 53.8. The first-order valence-corrected chi connectivity index (χ1v) is 20.9. The smallest absolute Gasteiger partial charge is 0.390 e. The number of amides is 2. The molecular formula is C44H50F3N9O5. The highest BCUT2D eigenvalue weighted by molar-refractivity contribution is 6.09. The highest BCUT2D eigenvalue weighted by atomic mass is 19.4. The number of aromatic nitrogens is 5. The summed E-state index contributed by atoms with van der Waals surface area (Å²) in [5.74, 6) is -0.398. The van der Waals surface area contributed by atoms with Crippen molar-refractivity contribution in [2.75, 3.05) is 56.7 Å². The first-order valence-electron chi connectivity index (χ1n) is 20.9. The monoisotopic (exact) mass is 841 g/mol. The molecule has 0 radical (unpaired) electrons. The Bertz CT molecular complexity index is 2460. The normalized spacial score (nSPS) is 18.6. The standard InChI is InChI=1S/C44H50F3N9O5/c45-44(46,47)15-17-51-43-52-26-35-36(27-55(41(35)54-43)31-8-10-32(57)11-9-31)29-5-3-28(4-6-29)25-48-18-20-60-22-23-61-21-19-49-30-7-12-37-34(24-30)33-2-1-16-50-40(33)56(37)38-13-14-39(58)53-42(38)59/h1-7,12,16,24,26-27,31-32,38,48-49,57H,8-11,13-15,17-23,25H2,(H,51,52,54)(H,53,58,59)/t31-,32-,38-/m0/s1. The van der Waals surface area contributed by atoms with Gasteiger partial charge >= 0.3 is 6.18 Å². The number of hydrogen-bond acceptors (Lipinski definition) is 11. The molecule has 8 rings (SSSR count). The van der Waals surface area contributed by atoms with E-state index >= 15 is 0 Å².